The second-order valence-corrected chi connectivity index (χ2v) is 6.20. The van der Waals surface area contributed by atoms with E-state index in [4.69, 9.17) is 4.52 Å². The Morgan fingerprint density at radius 2 is 1.96 bits per heavy atom. The number of H-pyrrole nitrogens is 2. The molecule has 8 heteroatoms. The molecule has 1 atom stereocenters. The molecule has 1 fully saturated rings. The number of hydrogen-bond acceptors (Lipinski definition) is 5. The summed E-state index contributed by atoms with van der Waals surface area (Å²) in [5.74, 6) is 0.535. The quantitative estimate of drug-likeness (QED) is 0.686. The molecular formula is C17H16N4O4. The number of amides is 1. The van der Waals surface area contributed by atoms with Gasteiger partial charge in [-0.3, -0.25) is 14.4 Å². The van der Waals surface area contributed by atoms with Crippen molar-refractivity contribution in [3.63, 3.8) is 0 Å². The normalized spacial score (nSPS) is 17.3. The number of hydrogen-bond donors (Lipinski definition) is 2. The monoisotopic (exact) mass is 340 g/mol. The third-order valence-electron chi connectivity index (χ3n) is 4.46. The van der Waals surface area contributed by atoms with Crippen molar-refractivity contribution in [1.82, 2.24) is 20.0 Å². The molecule has 8 nitrogen and oxygen atoms in total. The molecule has 4 rings (SSSR count). The first-order valence-corrected chi connectivity index (χ1v) is 8.03. The summed E-state index contributed by atoms with van der Waals surface area (Å²) in [6.07, 6.45) is 1.70. The molecule has 0 radical (unpaired) electrons. The SMILES string of the molecule is Cc1cc(C2CCCN2C(=O)c2ccc3[nH]c(=O)c(=O)[nH]c3c2)on1. The summed E-state index contributed by atoms with van der Waals surface area (Å²) in [5.41, 5.74) is 0.659. The first-order chi connectivity index (χ1) is 12.0. The summed E-state index contributed by atoms with van der Waals surface area (Å²) in [4.78, 5) is 42.5. The van der Waals surface area contributed by atoms with Gasteiger partial charge in [-0.25, -0.2) is 0 Å². The van der Waals surface area contributed by atoms with E-state index in [0.29, 0.717) is 28.9 Å². The molecule has 3 heterocycles. The number of nitrogens with zero attached hydrogens (tertiary/aromatic N) is 2. The van der Waals surface area contributed by atoms with Crippen LogP contribution in [-0.4, -0.2) is 32.5 Å². The zero-order chi connectivity index (χ0) is 17.6. The predicted molar refractivity (Wildman–Crippen MR) is 89.4 cm³/mol. The van der Waals surface area contributed by atoms with E-state index in [-0.39, 0.29) is 11.9 Å². The van der Waals surface area contributed by atoms with Crippen molar-refractivity contribution in [2.24, 2.45) is 0 Å². The number of fused-ring (bicyclic) bond motifs is 1. The Hall–Kier alpha value is -3.16. The van der Waals surface area contributed by atoms with Gasteiger partial charge in [-0.2, -0.15) is 0 Å². The van der Waals surface area contributed by atoms with Crippen molar-refractivity contribution < 1.29 is 9.32 Å². The van der Waals surface area contributed by atoms with Crippen molar-refractivity contribution in [2.45, 2.75) is 25.8 Å². The van der Waals surface area contributed by atoms with Gasteiger partial charge in [-0.15, -0.1) is 0 Å². The molecule has 1 aromatic carbocycles. The fourth-order valence-electron chi connectivity index (χ4n) is 3.26. The van der Waals surface area contributed by atoms with Crippen LogP contribution in [0.3, 0.4) is 0 Å². The van der Waals surface area contributed by atoms with E-state index in [1.807, 2.05) is 13.0 Å². The highest BCUT2D eigenvalue weighted by atomic mass is 16.5. The highest BCUT2D eigenvalue weighted by Crippen LogP contribution is 2.33. The number of rotatable bonds is 2. The smallest absolute Gasteiger partial charge is 0.314 e. The average Bonchev–Trinajstić information content (AvgIpc) is 3.23. The van der Waals surface area contributed by atoms with Crippen LogP contribution >= 0.6 is 0 Å². The molecule has 1 amide bonds. The number of aromatic amines is 2. The molecule has 0 aliphatic carbocycles. The molecule has 1 saturated heterocycles. The lowest BCUT2D eigenvalue weighted by Gasteiger charge is -2.22. The maximum Gasteiger partial charge on any atom is 0.314 e. The molecule has 25 heavy (non-hydrogen) atoms. The summed E-state index contributed by atoms with van der Waals surface area (Å²) in [6, 6.07) is 6.54. The van der Waals surface area contributed by atoms with E-state index in [1.165, 1.54) is 0 Å². The maximum atomic E-state index is 12.9. The van der Waals surface area contributed by atoms with Crippen LogP contribution in [0.4, 0.5) is 0 Å². The van der Waals surface area contributed by atoms with Gasteiger partial charge in [0.2, 0.25) is 0 Å². The van der Waals surface area contributed by atoms with Crippen LogP contribution in [0, 0.1) is 6.92 Å². The summed E-state index contributed by atoms with van der Waals surface area (Å²) in [6.45, 7) is 2.47. The topological polar surface area (TPSA) is 112 Å². The van der Waals surface area contributed by atoms with Gasteiger partial charge < -0.3 is 19.4 Å². The largest absolute Gasteiger partial charge is 0.359 e. The van der Waals surface area contributed by atoms with E-state index in [1.54, 1.807) is 23.1 Å². The lowest BCUT2D eigenvalue weighted by atomic mass is 10.1. The molecule has 1 aliphatic heterocycles. The van der Waals surface area contributed by atoms with Crippen molar-refractivity contribution >= 4 is 16.9 Å². The molecule has 2 aromatic heterocycles. The fraction of sp³-hybridized carbons (Fsp3) is 0.294. The maximum absolute atomic E-state index is 12.9. The number of aromatic nitrogens is 3. The van der Waals surface area contributed by atoms with Gasteiger partial charge >= 0.3 is 11.1 Å². The molecule has 1 aliphatic rings. The van der Waals surface area contributed by atoms with Gasteiger partial charge in [0.1, 0.15) is 0 Å². The Morgan fingerprint density at radius 3 is 2.68 bits per heavy atom. The number of carbonyl (C=O) groups excluding carboxylic acids is 1. The van der Waals surface area contributed by atoms with Crippen LogP contribution in [0.2, 0.25) is 0 Å². The highest BCUT2D eigenvalue weighted by Gasteiger charge is 2.33. The van der Waals surface area contributed by atoms with Crippen molar-refractivity contribution in [3.05, 3.63) is 62.0 Å². The van der Waals surface area contributed by atoms with E-state index in [2.05, 4.69) is 15.1 Å². The second kappa shape index (κ2) is 5.73. The Labute approximate surface area is 141 Å². The minimum Gasteiger partial charge on any atom is -0.359 e. The van der Waals surface area contributed by atoms with E-state index < -0.39 is 11.1 Å². The molecule has 3 aromatic rings. The fourth-order valence-corrected chi connectivity index (χ4v) is 3.26. The molecule has 0 bridgehead atoms. The van der Waals surface area contributed by atoms with Crippen LogP contribution in [0.25, 0.3) is 11.0 Å². The Balaban J connectivity index is 1.70. The standard InChI is InChI=1S/C17H16N4O4/c1-9-7-14(25-20-9)13-3-2-6-21(13)17(24)10-4-5-11-12(8-10)19-16(23)15(22)18-11/h4-5,7-8,13H,2-3,6H2,1H3,(H,18,22)(H,19,23). The van der Waals surface area contributed by atoms with E-state index >= 15 is 0 Å². The summed E-state index contributed by atoms with van der Waals surface area (Å²) < 4.78 is 5.33. The molecule has 2 N–H and O–H groups in total. The van der Waals surface area contributed by atoms with Gasteiger partial charge in [0.05, 0.1) is 22.8 Å². The first kappa shape index (κ1) is 15.4. The highest BCUT2D eigenvalue weighted by molar-refractivity contribution is 5.97. The summed E-state index contributed by atoms with van der Waals surface area (Å²) >= 11 is 0. The number of benzene rings is 1. The first-order valence-electron chi connectivity index (χ1n) is 8.03. The summed E-state index contributed by atoms with van der Waals surface area (Å²) in [5, 5.41) is 3.90. The van der Waals surface area contributed by atoms with Crippen LogP contribution < -0.4 is 11.1 Å². The van der Waals surface area contributed by atoms with Crippen molar-refractivity contribution in [3.8, 4) is 0 Å². The minimum absolute atomic E-state index is 0.140. The van der Waals surface area contributed by atoms with Gasteiger partial charge in [0.15, 0.2) is 5.76 Å². The predicted octanol–water partition coefficient (Wildman–Crippen LogP) is 1.49. The molecule has 128 valence electrons. The number of likely N-dealkylation sites (tertiary alicyclic amines) is 1. The third-order valence-corrected chi connectivity index (χ3v) is 4.46. The Morgan fingerprint density at radius 1 is 1.20 bits per heavy atom. The Kier molecular flexibility index (Phi) is 3.52. The minimum atomic E-state index is -0.742. The Bertz CT molecular complexity index is 1080. The van der Waals surface area contributed by atoms with Gasteiger partial charge in [-0.1, -0.05) is 5.16 Å². The zero-order valence-electron chi connectivity index (χ0n) is 13.5. The van der Waals surface area contributed by atoms with Gasteiger partial charge in [0, 0.05) is 18.2 Å². The van der Waals surface area contributed by atoms with Crippen LogP contribution in [0.1, 0.15) is 40.7 Å². The number of carbonyl (C=O) groups is 1. The van der Waals surface area contributed by atoms with Crippen LogP contribution in [0.15, 0.2) is 38.4 Å². The van der Waals surface area contributed by atoms with E-state index in [9.17, 15) is 14.4 Å². The van der Waals surface area contributed by atoms with E-state index in [0.717, 1.165) is 18.5 Å². The lowest BCUT2D eigenvalue weighted by molar-refractivity contribution is 0.0714. The van der Waals surface area contributed by atoms with Gasteiger partial charge in [-0.05, 0) is 38.0 Å². The zero-order valence-corrected chi connectivity index (χ0v) is 13.5. The summed E-state index contributed by atoms with van der Waals surface area (Å²) in [7, 11) is 0. The molecule has 0 saturated carbocycles. The average molecular weight is 340 g/mol. The number of nitrogens with one attached hydrogen (secondary N) is 2. The van der Waals surface area contributed by atoms with Crippen molar-refractivity contribution in [1.29, 1.82) is 0 Å². The lowest BCUT2D eigenvalue weighted by Crippen LogP contribution is -2.31. The molecule has 0 spiro atoms. The number of aryl methyl sites for hydroxylation is 1. The van der Waals surface area contributed by atoms with Gasteiger partial charge in [0.25, 0.3) is 5.91 Å². The second-order valence-electron chi connectivity index (χ2n) is 6.20. The molecular weight excluding hydrogens is 324 g/mol. The molecule has 1 unspecified atom stereocenters. The third kappa shape index (κ3) is 2.65. The van der Waals surface area contributed by atoms with Crippen LogP contribution in [0.5, 0.6) is 0 Å². The van der Waals surface area contributed by atoms with Crippen LogP contribution in [-0.2, 0) is 0 Å². The van der Waals surface area contributed by atoms with Crippen molar-refractivity contribution in [2.75, 3.05) is 6.54 Å².